The fraction of sp³-hybridized carbons (Fsp3) is 0.300. The van der Waals surface area contributed by atoms with Gasteiger partial charge in [-0.3, -0.25) is 4.79 Å². The summed E-state index contributed by atoms with van der Waals surface area (Å²) in [5.74, 6) is -1.11. The molecule has 0 heterocycles. The van der Waals surface area contributed by atoms with Crippen molar-refractivity contribution in [3.8, 4) is 0 Å². The van der Waals surface area contributed by atoms with E-state index in [1.165, 1.54) is 6.92 Å². The van der Waals surface area contributed by atoms with Crippen molar-refractivity contribution in [1.82, 2.24) is 0 Å². The lowest BCUT2D eigenvalue weighted by molar-refractivity contribution is -0.145. The normalized spacial score (nSPS) is 13.1. The molecule has 0 aromatic heterocycles. The van der Waals surface area contributed by atoms with Crippen LogP contribution in [0.5, 0.6) is 0 Å². The molecule has 0 spiro atoms. The number of halogens is 1. The Balaban J connectivity index is 2.49. The largest absolute Gasteiger partial charge is 0.466 e. The fourth-order valence-electron chi connectivity index (χ4n) is 2.87. The predicted octanol–water partition coefficient (Wildman–Crippen LogP) is 4.75. The van der Waals surface area contributed by atoms with Gasteiger partial charge in [-0.25, -0.2) is 0 Å². The highest BCUT2D eigenvalue weighted by atomic mass is 35.5. The summed E-state index contributed by atoms with van der Waals surface area (Å²) >= 11 is 5.97. The molecule has 0 aliphatic heterocycles. The van der Waals surface area contributed by atoms with Gasteiger partial charge < -0.3 is 9.53 Å². The standard InChI is InChI=1S/C20H21ClO3/c1-3-24-20(23)19(16-7-5-4-6-8-16)18(13-14(2)22)15-9-11-17(21)12-10-15/h4-12,18-19H,3,13H2,1-2H3. The highest BCUT2D eigenvalue weighted by molar-refractivity contribution is 6.30. The highest BCUT2D eigenvalue weighted by Gasteiger charge is 2.33. The average Bonchev–Trinajstić information content (AvgIpc) is 2.56. The second-order valence-corrected chi connectivity index (χ2v) is 6.14. The van der Waals surface area contributed by atoms with E-state index in [1.54, 1.807) is 19.1 Å². The molecule has 2 aromatic rings. The van der Waals surface area contributed by atoms with Crippen LogP contribution in [0.4, 0.5) is 0 Å². The van der Waals surface area contributed by atoms with Crippen LogP contribution in [0.25, 0.3) is 0 Å². The maximum Gasteiger partial charge on any atom is 0.314 e. The van der Waals surface area contributed by atoms with E-state index in [0.717, 1.165) is 11.1 Å². The van der Waals surface area contributed by atoms with Gasteiger partial charge in [0.25, 0.3) is 0 Å². The smallest absolute Gasteiger partial charge is 0.314 e. The van der Waals surface area contributed by atoms with Crippen LogP contribution in [0, 0.1) is 0 Å². The lowest BCUT2D eigenvalue weighted by Crippen LogP contribution is -2.24. The number of benzene rings is 2. The lowest BCUT2D eigenvalue weighted by Gasteiger charge is -2.26. The van der Waals surface area contributed by atoms with E-state index in [9.17, 15) is 9.59 Å². The summed E-state index contributed by atoms with van der Waals surface area (Å²) in [5, 5.41) is 0.618. The number of carbonyl (C=O) groups is 2. The molecular formula is C20H21ClO3. The van der Waals surface area contributed by atoms with E-state index in [4.69, 9.17) is 16.3 Å². The van der Waals surface area contributed by atoms with Gasteiger partial charge in [-0.05, 0) is 37.1 Å². The van der Waals surface area contributed by atoms with Gasteiger partial charge in [-0.1, -0.05) is 54.1 Å². The number of ether oxygens (including phenoxy) is 1. The first-order chi connectivity index (χ1) is 11.5. The van der Waals surface area contributed by atoms with Gasteiger partial charge in [0.2, 0.25) is 0 Å². The Hall–Kier alpha value is -2.13. The van der Waals surface area contributed by atoms with Crippen molar-refractivity contribution >= 4 is 23.4 Å². The molecule has 0 amide bonds. The Morgan fingerprint density at radius 3 is 2.17 bits per heavy atom. The molecule has 2 atom stereocenters. The van der Waals surface area contributed by atoms with E-state index in [2.05, 4.69) is 0 Å². The highest BCUT2D eigenvalue weighted by Crippen LogP contribution is 2.37. The van der Waals surface area contributed by atoms with Crippen LogP contribution < -0.4 is 0 Å². The van der Waals surface area contributed by atoms with Crippen LogP contribution >= 0.6 is 11.6 Å². The SMILES string of the molecule is CCOC(=O)C(c1ccccc1)C(CC(C)=O)c1ccc(Cl)cc1. The van der Waals surface area contributed by atoms with Crippen molar-refractivity contribution in [2.24, 2.45) is 0 Å². The summed E-state index contributed by atoms with van der Waals surface area (Å²) in [4.78, 5) is 24.5. The molecule has 0 fully saturated rings. The van der Waals surface area contributed by atoms with Crippen molar-refractivity contribution in [3.63, 3.8) is 0 Å². The third kappa shape index (κ3) is 4.68. The van der Waals surface area contributed by atoms with Crippen LogP contribution in [0.1, 0.15) is 43.2 Å². The Kier molecular flexibility index (Phi) is 6.56. The summed E-state index contributed by atoms with van der Waals surface area (Å²) in [7, 11) is 0. The number of esters is 1. The molecule has 0 radical (unpaired) electrons. The van der Waals surface area contributed by atoms with E-state index >= 15 is 0 Å². The van der Waals surface area contributed by atoms with E-state index < -0.39 is 5.92 Å². The van der Waals surface area contributed by atoms with Crippen molar-refractivity contribution in [3.05, 3.63) is 70.7 Å². The Bertz CT molecular complexity index is 680. The van der Waals surface area contributed by atoms with Gasteiger partial charge in [-0.2, -0.15) is 0 Å². The van der Waals surface area contributed by atoms with Gasteiger partial charge >= 0.3 is 5.97 Å². The van der Waals surface area contributed by atoms with Crippen molar-refractivity contribution in [2.45, 2.75) is 32.1 Å². The van der Waals surface area contributed by atoms with Crippen LogP contribution in [0.3, 0.4) is 0 Å². The Morgan fingerprint density at radius 1 is 1.00 bits per heavy atom. The number of Topliss-reactive ketones (excluding diaryl/α,β-unsaturated/α-hetero) is 1. The van der Waals surface area contributed by atoms with Gasteiger partial charge in [0.15, 0.2) is 0 Å². The number of hydrogen-bond acceptors (Lipinski definition) is 3. The first kappa shape index (κ1) is 18.2. The molecule has 0 aliphatic carbocycles. The topological polar surface area (TPSA) is 43.4 Å². The minimum Gasteiger partial charge on any atom is -0.466 e. The minimum absolute atomic E-state index is 0.0279. The lowest BCUT2D eigenvalue weighted by atomic mass is 9.78. The molecular weight excluding hydrogens is 324 g/mol. The fourth-order valence-corrected chi connectivity index (χ4v) is 3.00. The molecule has 2 rings (SSSR count). The molecule has 0 aliphatic rings. The van der Waals surface area contributed by atoms with E-state index in [1.807, 2.05) is 42.5 Å². The summed E-state index contributed by atoms with van der Waals surface area (Å²) in [6.45, 7) is 3.62. The maximum atomic E-state index is 12.6. The second-order valence-electron chi connectivity index (χ2n) is 5.70. The first-order valence-corrected chi connectivity index (χ1v) is 8.37. The van der Waals surface area contributed by atoms with Crippen molar-refractivity contribution in [2.75, 3.05) is 6.61 Å². The first-order valence-electron chi connectivity index (χ1n) is 7.99. The number of carbonyl (C=O) groups excluding carboxylic acids is 2. The van der Waals surface area contributed by atoms with Crippen LogP contribution in [-0.2, 0) is 14.3 Å². The Labute approximate surface area is 147 Å². The van der Waals surface area contributed by atoms with E-state index in [-0.39, 0.29) is 24.1 Å². The molecule has 2 unspecified atom stereocenters. The van der Waals surface area contributed by atoms with Crippen LogP contribution in [-0.4, -0.2) is 18.4 Å². The van der Waals surface area contributed by atoms with Crippen LogP contribution in [0.15, 0.2) is 54.6 Å². The second kappa shape index (κ2) is 8.65. The minimum atomic E-state index is -0.531. The van der Waals surface area contributed by atoms with Gasteiger partial charge in [0.1, 0.15) is 5.78 Å². The summed E-state index contributed by atoms with van der Waals surface area (Å²) in [6.07, 6.45) is 0.264. The maximum absolute atomic E-state index is 12.6. The molecule has 0 bridgehead atoms. The van der Waals surface area contributed by atoms with Gasteiger partial charge in [-0.15, -0.1) is 0 Å². The molecule has 2 aromatic carbocycles. The quantitative estimate of drug-likeness (QED) is 0.681. The third-order valence-electron chi connectivity index (χ3n) is 3.91. The third-order valence-corrected chi connectivity index (χ3v) is 4.16. The molecule has 24 heavy (non-hydrogen) atoms. The molecule has 0 N–H and O–H groups in total. The summed E-state index contributed by atoms with van der Waals surface area (Å²) in [5.41, 5.74) is 1.74. The van der Waals surface area contributed by atoms with Gasteiger partial charge in [0.05, 0.1) is 12.5 Å². The monoisotopic (exact) mass is 344 g/mol. The molecule has 4 heteroatoms. The molecule has 0 saturated carbocycles. The average molecular weight is 345 g/mol. The number of rotatable bonds is 7. The van der Waals surface area contributed by atoms with Crippen molar-refractivity contribution in [1.29, 1.82) is 0 Å². The van der Waals surface area contributed by atoms with E-state index in [0.29, 0.717) is 11.6 Å². The Morgan fingerprint density at radius 2 is 1.62 bits per heavy atom. The number of hydrogen-bond donors (Lipinski definition) is 0. The molecule has 3 nitrogen and oxygen atoms in total. The zero-order chi connectivity index (χ0) is 17.5. The molecule has 126 valence electrons. The van der Waals surface area contributed by atoms with Gasteiger partial charge in [0, 0.05) is 17.4 Å². The zero-order valence-electron chi connectivity index (χ0n) is 13.9. The number of ketones is 1. The zero-order valence-corrected chi connectivity index (χ0v) is 14.6. The van der Waals surface area contributed by atoms with Crippen LogP contribution in [0.2, 0.25) is 5.02 Å². The molecule has 0 saturated heterocycles. The predicted molar refractivity (Wildman–Crippen MR) is 95.3 cm³/mol. The van der Waals surface area contributed by atoms with Crippen molar-refractivity contribution < 1.29 is 14.3 Å². The summed E-state index contributed by atoms with van der Waals surface area (Å²) in [6, 6.07) is 16.7. The summed E-state index contributed by atoms with van der Waals surface area (Å²) < 4.78 is 5.29.